The van der Waals surface area contributed by atoms with Crippen molar-refractivity contribution in [2.24, 2.45) is 0 Å². The van der Waals surface area contributed by atoms with E-state index in [1.54, 1.807) is 0 Å². The molecule has 18 heavy (non-hydrogen) atoms. The number of hydrogen-bond acceptors (Lipinski definition) is 3. The van der Waals surface area contributed by atoms with Gasteiger partial charge in [0.2, 0.25) is 5.91 Å². The summed E-state index contributed by atoms with van der Waals surface area (Å²) >= 11 is 0. The van der Waals surface area contributed by atoms with Crippen molar-refractivity contribution in [3.63, 3.8) is 0 Å². The van der Waals surface area contributed by atoms with Crippen LogP contribution >= 0.6 is 0 Å². The van der Waals surface area contributed by atoms with Gasteiger partial charge in [-0.25, -0.2) is 4.39 Å². The fraction of sp³-hybridized carbons (Fsp3) is 0.333. The van der Waals surface area contributed by atoms with E-state index in [1.165, 1.54) is 12.1 Å². The molecule has 5 nitrogen and oxygen atoms in total. The quantitative estimate of drug-likeness (QED) is 0.718. The van der Waals surface area contributed by atoms with E-state index in [4.69, 9.17) is 5.11 Å². The average Bonchev–Trinajstić information content (AvgIpc) is 2.32. The molecule has 1 aromatic rings. The van der Waals surface area contributed by atoms with Crippen LogP contribution in [0.15, 0.2) is 18.2 Å². The molecular formula is C12H13FN2O3. The van der Waals surface area contributed by atoms with E-state index in [9.17, 15) is 14.0 Å². The molecule has 2 amide bonds. The first-order chi connectivity index (χ1) is 8.56. The van der Waals surface area contributed by atoms with E-state index in [0.29, 0.717) is 19.4 Å². The second kappa shape index (κ2) is 5.03. The number of carbonyl (C=O) groups excluding carboxylic acids is 2. The Morgan fingerprint density at radius 2 is 2.28 bits per heavy atom. The van der Waals surface area contributed by atoms with Gasteiger partial charge in [-0.1, -0.05) is 0 Å². The Bertz CT molecular complexity index is 480. The fourth-order valence-electron chi connectivity index (χ4n) is 1.81. The summed E-state index contributed by atoms with van der Waals surface area (Å²) in [4.78, 5) is 22.7. The number of phenolic OH excluding ortho intramolecular Hbond substituents is 1. The number of carbonyl (C=O) groups is 2. The van der Waals surface area contributed by atoms with Crippen LogP contribution < -0.4 is 10.6 Å². The van der Waals surface area contributed by atoms with Crippen molar-refractivity contribution in [3.8, 4) is 5.75 Å². The maximum atomic E-state index is 13.4. The monoisotopic (exact) mass is 252 g/mol. The summed E-state index contributed by atoms with van der Waals surface area (Å²) < 4.78 is 13.4. The van der Waals surface area contributed by atoms with E-state index in [1.807, 2.05) is 0 Å². The highest BCUT2D eigenvalue weighted by molar-refractivity contribution is 5.95. The van der Waals surface area contributed by atoms with Gasteiger partial charge < -0.3 is 15.7 Å². The molecule has 1 aliphatic heterocycles. The first kappa shape index (κ1) is 12.3. The molecule has 96 valence electrons. The van der Waals surface area contributed by atoms with Crippen LogP contribution in [0.2, 0.25) is 0 Å². The lowest BCUT2D eigenvalue weighted by atomic mass is 10.1. The van der Waals surface area contributed by atoms with Crippen LogP contribution in [0.25, 0.3) is 0 Å². The summed E-state index contributed by atoms with van der Waals surface area (Å²) in [5, 5.41) is 14.3. The number of aromatic hydroxyl groups is 1. The Hall–Kier alpha value is -2.11. The van der Waals surface area contributed by atoms with E-state index < -0.39 is 11.7 Å². The van der Waals surface area contributed by atoms with Gasteiger partial charge in [-0.05, 0) is 18.6 Å². The van der Waals surface area contributed by atoms with Crippen LogP contribution in [0.1, 0.15) is 23.2 Å². The Morgan fingerprint density at radius 3 is 2.89 bits per heavy atom. The van der Waals surface area contributed by atoms with Crippen molar-refractivity contribution in [2.75, 3.05) is 6.54 Å². The van der Waals surface area contributed by atoms with Crippen LogP contribution in [-0.4, -0.2) is 29.5 Å². The molecule has 0 aromatic heterocycles. The van der Waals surface area contributed by atoms with Gasteiger partial charge in [-0.15, -0.1) is 0 Å². The third-order valence-electron chi connectivity index (χ3n) is 2.80. The SMILES string of the molecule is O=C1CCC(NC(=O)c2ccc(O)cc2F)CN1. The van der Waals surface area contributed by atoms with Gasteiger partial charge in [-0.3, -0.25) is 9.59 Å². The van der Waals surface area contributed by atoms with Gasteiger partial charge in [0.1, 0.15) is 11.6 Å². The van der Waals surface area contributed by atoms with Crippen molar-refractivity contribution in [1.82, 2.24) is 10.6 Å². The molecule has 1 unspecified atom stereocenters. The number of phenols is 1. The molecule has 0 radical (unpaired) electrons. The average molecular weight is 252 g/mol. The number of hydrogen-bond donors (Lipinski definition) is 3. The summed E-state index contributed by atoms with van der Waals surface area (Å²) in [5.41, 5.74) is -0.121. The summed E-state index contributed by atoms with van der Waals surface area (Å²) in [5.74, 6) is -1.59. The molecular weight excluding hydrogens is 239 g/mol. The zero-order valence-electron chi connectivity index (χ0n) is 9.57. The number of nitrogens with one attached hydrogen (secondary N) is 2. The zero-order chi connectivity index (χ0) is 13.1. The van der Waals surface area contributed by atoms with Crippen LogP contribution in [0.5, 0.6) is 5.75 Å². The highest BCUT2D eigenvalue weighted by atomic mass is 19.1. The second-order valence-corrected chi connectivity index (χ2v) is 4.18. The summed E-state index contributed by atoms with van der Waals surface area (Å²) in [6.45, 7) is 0.351. The molecule has 1 aliphatic rings. The molecule has 2 rings (SSSR count). The zero-order valence-corrected chi connectivity index (χ0v) is 9.57. The van der Waals surface area contributed by atoms with Gasteiger partial charge in [0, 0.05) is 25.1 Å². The van der Waals surface area contributed by atoms with Crippen molar-refractivity contribution >= 4 is 11.8 Å². The topological polar surface area (TPSA) is 78.4 Å². The summed E-state index contributed by atoms with van der Waals surface area (Å²) in [7, 11) is 0. The fourth-order valence-corrected chi connectivity index (χ4v) is 1.81. The molecule has 6 heteroatoms. The molecule has 3 N–H and O–H groups in total. The van der Waals surface area contributed by atoms with E-state index in [-0.39, 0.29) is 23.3 Å². The smallest absolute Gasteiger partial charge is 0.254 e. The highest BCUT2D eigenvalue weighted by Crippen LogP contribution is 2.15. The number of amides is 2. The second-order valence-electron chi connectivity index (χ2n) is 4.18. The van der Waals surface area contributed by atoms with Crippen molar-refractivity contribution in [1.29, 1.82) is 0 Å². The minimum atomic E-state index is -0.771. The third-order valence-corrected chi connectivity index (χ3v) is 2.80. The van der Waals surface area contributed by atoms with E-state index in [0.717, 1.165) is 6.07 Å². The Balaban J connectivity index is 2.01. The third kappa shape index (κ3) is 2.77. The molecule has 0 aliphatic carbocycles. The van der Waals surface area contributed by atoms with Crippen LogP contribution in [-0.2, 0) is 4.79 Å². The standard InChI is InChI=1S/C12H13FN2O3/c13-10-5-8(16)2-3-9(10)12(18)15-7-1-4-11(17)14-6-7/h2-3,5,7,16H,1,4,6H2,(H,14,17)(H,15,18). The maximum Gasteiger partial charge on any atom is 0.254 e. The van der Waals surface area contributed by atoms with Gasteiger partial charge in [0.15, 0.2) is 0 Å². The number of rotatable bonds is 2. The molecule has 0 saturated carbocycles. The Morgan fingerprint density at radius 1 is 1.50 bits per heavy atom. The number of benzene rings is 1. The number of halogens is 1. The van der Waals surface area contributed by atoms with Crippen LogP contribution in [0.3, 0.4) is 0 Å². The summed E-state index contributed by atoms with van der Waals surface area (Å²) in [6, 6.07) is 3.17. The van der Waals surface area contributed by atoms with Crippen molar-refractivity contribution in [3.05, 3.63) is 29.6 Å². The lowest BCUT2D eigenvalue weighted by Gasteiger charge is -2.23. The predicted octanol–water partition coefficient (Wildman–Crippen LogP) is 0.540. The molecule has 1 saturated heterocycles. The molecule has 1 aromatic carbocycles. The lowest BCUT2D eigenvalue weighted by Crippen LogP contribution is -2.47. The molecule has 1 atom stereocenters. The largest absolute Gasteiger partial charge is 0.508 e. The number of piperidine rings is 1. The highest BCUT2D eigenvalue weighted by Gasteiger charge is 2.21. The lowest BCUT2D eigenvalue weighted by molar-refractivity contribution is -0.122. The maximum absolute atomic E-state index is 13.4. The van der Waals surface area contributed by atoms with Crippen molar-refractivity contribution < 1.29 is 19.1 Å². The normalized spacial score (nSPS) is 19.2. The first-order valence-corrected chi connectivity index (χ1v) is 5.62. The van der Waals surface area contributed by atoms with Crippen LogP contribution in [0.4, 0.5) is 4.39 Å². The van der Waals surface area contributed by atoms with Crippen LogP contribution in [0, 0.1) is 5.82 Å². The van der Waals surface area contributed by atoms with Gasteiger partial charge in [0.25, 0.3) is 5.91 Å². The predicted molar refractivity (Wildman–Crippen MR) is 61.6 cm³/mol. The Labute approximate surface area is 103 Å². The molecule has 1 heterocycles. The first-order valence-electron chi connectivity index (χ1n) is 5.62. The Kier molecular flexibility index (Phi) is 3.45. The summed E-state index contributed by atoms with van der Waals surface area (Å²) in [6.07, 6.45) is 0.889. The van der Waals surface area contributed by atoms with Gasteiger partial charge in [-0.2, -0.15) is 0 Å². The van der Waals surface area contributed by atoms with Gasteiger partial charge in [0.05, 0.1) is 5.56 Å². The minimum Gasteiger partial charge on any atom is -0.508 e. The molecule has 0 bridgehead atoms. The van der Waals surface area contributed by atoms with Crippen molar-refractivity contribution in [2.45, 2.75) is 18.9 Å². The molecule has 1 fully saturated rings. The van der Waals surface area contributed by atoms with E-state index >= 15 is 0 Å². The minimum absolute atomic E-state index is 0.0451. The molecule has 0 spiro atoms. The van der Waals surface area contributed by atoms with E-state index in [2.05, 4.69) is 10.6 Å². The van der Waals surface area contributed by atoms with Gasteiger partial charge >= 0.3 is 0 Å².